The van der Waals surface area contributed by atoms with Gasteiger partial charge in [-0.25, -0.2) is 8.42 Å². The van der Waals surface area contributed by atoms with Crippen molar-refractivity contribution in [3.05, 3.63) is 59.5 Å². The third-order valence-corrected chi connectivity index (χ3v) is 6.78. The molecule has 9 nitrogen and oxygen atoms in total. The number of sulfonamides is 1. The smallest absolute Gasteiger partial charge is 0.316 e. The number of carbonyl (C=O) groups is 1. The zero-order valence-electron chi connectivity index (χ0n) is 17.4. The van der Waals surface area contributed by atoms with Gasteiger partial charge in [-0.05, 0) is 62.1 Å². The number of aryl methyl sites for hydroxylation is 1. The summed E-state index contributed by atoms with van der Waals surface area (Å²) in [4.78, 5) is 18.5. The van der Waals surface area contributed by atoms with Gasteiger partial charge in [-0.1, -0.05) is 17.3 Å². The Morgan fingerprint density at radius 2 is 1.84 bits per heavy atom. The molecule has 0 spiro atoms. The van der Waals surface area contributed by atoms with Gasteiger partial charge < -0.3 is 9.42 Å². The van der Waals surface area contributed by atoms with Gasteiger partial charge in [-0.2, -0.15) is 10.2 Å². The van der Waals surface area contributed by atoms with E-state index in [1.165, 1.54) is 30.3 Å². The number of hydrogen-bond donors (Lipinski definition) is 1. The highest BCUT2D eigenvalue weighted by Gasteiger charge is 2.25. The van der Waals surface area contributed by atoms with E-state index in [4.69, 9.17) is 9.78 Å². The molecule has 1 aliphatic rings. The minimum Gasteiger partial charge on any atom is -0.334 e. The predicted octanol–water partition coefficient (Wildman–Crippen LogP) is 3.34. The lowest BCUT2D eigenvalue weighted by Gasteiger charge is -2.24. The monoisotopic (exact) mass is 451 g/mol. The number of piperidine rings is 1. The summed E-state index contributed by atoms with van der Waals surface area (Å²) in [7, 11) is -3.91. The number of likely N-dealkylation sites (tertiary alicyclic amines) is 1. The molecule has 0 saturated carbocycles. The van der Waals surface area contributed by atoms with E-state index >= 15 is 0 Å². The van der Waals surface area contributed by atoms with Crippen molar-refractivity contribution in [3.8, 4) is 17.5 Å². The van der Waals surface area contributed by atoms with Crippen molar-refractivity contribution in [1.82, 2.24) is 15.0 Å². The molecular formula is C22H21N5O4S. The van der Waals surface area contributed by atoms with E-state index in [-0.39, 0.29) is 22.5 Å². The van der Waals surface area contributed by atoms with Gasteiger partial charge in [0.25, 0.3) is 10.0 Å². The van der Waals surface area contributed by atoms with Crippen LogP contribution >= 0.6 is 0 Å². The molecule has 0 aliphatic carbocycles. The van der Waals surface area contributed by atoms with Crippen molar-refractivity contribution in [2.24, 2.45) is 0 Å². The van der Waals surface area contributed by atoms with Gasteiger partial charge in [0.2, 0.25) is 5.82 Å². The number of benzene rings is 2. The molecule has 1 saturated heterocycles. The van der Waals surface area contributed by atoms with Gasteiger partial charge in [-0.15, -0.1) is 0 Å². The third-order valence-electron chi connectivity index (χ3n) is 5.25. The summed E-state index contributed by atoms with van der Waals surface area (Å²) in [5.74, 6) is -0.284. The van der Waals surface area contributed by atoms with Gasteiger partial charge >= 0.3 is 11.8 Å². The fourth-order valence-corrected chi connectivity index (χ4v) is 4.84. The molecule has 164 valence electrons. The number of anilines is 1. The molecule has 3 aromatic rings. The fraction of sp³-hybridized carbons (Fsp3) is 0.273. The average molecular weight is 452 g/mol. The third kappa shape index (κ3) is 4.48. The van der Waals surface area contributed by atoms with Crippen LogP contribution in [0.15, 0.2) is 51.9 Å². The van der Waals surface area contributed by atoms with Crippen LogP contribution in [-0.4, -0.2) is 42.5 Å². The second-order valence-corrected chi connectivity index (χ2v) is 9.20. The number of nitrogens with zero attached hydrogens (tertiary/aromatic N) is 4. The van der Waals surface area contributed by atoms with E-state index in [1.807, 2.05) is 6.07 Å². The van der Waals surface area contributed by atoms with Gasteiger partial charge in [0.15, 0.2) is 0 Å². The minimum atomic E-state index is -3.91. The highest BCUT2D eigenvalue weighted by molar-refractivity contribution is 7.92. The van der Waals surface area contributed by atoms with E-state index in [9.17, 15) is 13.2 Å². The molecule has 1 aromatic heterocycles. The molecule has 2 aromatic carbocycles. The van der Waals surface area contributed by atoms with Gasteiger partial charge in [-0.3, -0.25) is 9.52 Å². The van der Waals surface area contributed by atoms with Crippen LogP contribution in [0.4, 0.5) is 5.69 Å². The largest absolute Gasteiger partial charge is 0.334 e. The Morgan fingerprint density at radius 1 is 1.12 bits per heavy atom. The van der Waals surface area contributed by atoms with Crippen LogP contribution in [0.5, 0.6) is 0 Å². The molecule has 1 fully saturated rings. The maximum atomic E-state index is 13.0. The number of nitriles is 1. The van der Waals surface area contributed by atoms with E-state index in [0.29, 0.717) is 35.5 Å². The number of rotatable bonds is 5. The quantitative estimate of drug-likeness (QED) is 0.630. The number of carbonyl (C=O) groups excluding carboxylic acids is 1. The highest BCUT2D eigenvalue weighted by Crippen LogP contribution is 2.26. The van der Waals surface area contributed by atoms with Crippen molar-refractivity contribution >= 4 is 21.6 Å². The normalized spacial score (nSPS) is 14.1. The predicted molar refractivity (Wildman–Crippen MR) is 116 cm³/mol. The molecule has 0 bridgehead atoms. The van der Waals surface area contributed by atoms with Crippen LogP contribution in [-0.2, 0) is 10.0 Å². The number of aromatic nitrogens is 2. The highest BCUT2D eigenvalue weighted by atomic mass is 32.2. The maximum Gasteiger partial charge on any atom is 0.316 e. The van der Waals surface area contributed by atoms with Crippen molar-refractivity contribution in [2.75, 3.05) is 17.8 Å². The number of hydrogen-bond acceptors (Lipinski definition) is 7. The molecule has 0 radical (unpaired) electrons. The molecular weight excluding hydrogens is 430 g/mol. The Balaban J connectivity index is 1.59. The second-order valence-electron chi connectivity index (χ2n) is 7.55. The van der Waals surface area contributed by atoms with Crippen LogP contribution < -0.4 is 4.72 Å². The molecule has 4 rings (SSSR count). The Hall–Kier alpha value is -3.71. The molecule has 0 unspecified atom stereocenters. The van der Waals surface area contributed by atoms with Crippen LogP contribution in [0.1, 0.15) is 41.1 Å². The summed E-state index contributed by atoms with van der Waals surface area (Å²) < 4.78 is 33.6. The first-order valence-electron chi connectivity index (χ1n) is 10.1. The van der Waals surface area contributed by atoms with Gasteiger partial charge in [0, 0.05) is 24.3 Å². The lowest BCUT2D eigenvalue weighted by atomic mass is 10.1. The van der Waals surface area contributed by atoms with Crippen LogP contribution in [0, 0.1) is 18.3 Å². The maximum absolute atomic E-state index is 13.0. The first-order valence-corrected chi connectivity index (χ1v) is 11.6. The summed E-state index contributed by atoms with van der Waals surface area (Å²) in [5.41, 5.74) is 1.71. The van der Waals surface area contributed by atoms with Gasteiger partial charge in [0.05, 0.1) is 16.5 Å². The second kappa shape index (κ2) is 8.80. The lowest BCUT2D eigenvalue weighted by Crippen LogP contribution is -2.35. The van der Waals surface area contributed by atoms with E-state index in [0.717, 1.165) is 19.3 Å². The molecule has 32 heavy (non-hydrogen) atoms. The van der Waals surface area contributed by atoms with Gasteiger partial charge in [0.1, 0.15) is 0 Å². The Bertz CT molecular complexity index is 1290. The SMILES string of the molecule is Cc1ccc(-c2noc(C(=O)N3CCCCC3)n2)cc1S(=O)(=O)Nc1ccc(C#N)cc1. The molecule has 1 amide bonds. The number of amides is 1. The van der Waals surface area contributed by atoms with Crippen molar-refractivity contribution in [2.45, 2.75) is 31.1 Å². The van der Waals surface area contributed by atoms with Crippen molar-refractivity contribution in [1.29, 1.82) is 5.26 Å². The summed E-state index contributed by atoms with van der Waals surface area (Å²) in [6, 6.07) is 12.9. The minimum absolute atomic E-state index is 0.0491. The molecule has 1 aliphatic heterocycles. The Morgan fingerprint density at radius 3 is 2.53 bits per heavy atom. The lowest BCUT2D eigenvalue weighted by molar-refractivity contribution is 0.0674. The van der Waals surface area contributed by atoms with Crippen molar-refractivity contribution < 1.29 is 17.7 Å². The standard InChI is InChI=1S/C22H21N5O4S/c1-15-5-8-17(20-24-21(31-25-20)22(28)27-11-3-2-4-12-27)13-19(15)32(29,30)26-18-9-6-16(14-23)7-10-18/h5-10,13,26H,2-4,11-12H2,1H3. The van der Waals surface area contributed by atoms with Crippen LogP contribution in [0.2, 0.25) is 0 Å². The number of nitrogens with one attached hydrogen (secondary N) is 1. The van der Waals surface area contributed by atoms with E-state index in [2.05, 4.69) is 14.9 Å². The zero-order chi connectivity index (χ0) is 22.7. The van der Waals surface area contributed by atoms with Crippen LogP contribution in [0.3, 0.4) is 0 Å². The zero-order valence-corrected chi connectivity index (χ0v) is 18.2. The first-order chi connectivity index (χ1) is 15.4. The Labute approximate surface area is 185 Å². The topological polar surface area (TPSA) is 129 Å². The summed E-state index contributed by atoms with van der Waals surface area (Å²) in [6.07, 6.45) is 2.98. The summed E-state index contributed by atoms with van der Waals surface area (Å²) >= 11 is 0. The summed E-state index contributed by atoms with van der Waals surface area (Å²) in [6.45, 7) is 2.99. The molecule has 0 atom stereocenters. The van der Waals surface area contributed by atoms with Crippen LogP contribution in [0.25, 0.3) is 11.4 Å². The van der Waals surface area contributed by atoms with Crippen molar-refractivity contribution in [3.63, 3.8) is 0 Å². The fourth-order valence-electron chi connectivity index (χ4n) is 3.51. The molecule has 1 N–H and O–H groups in total. The average Bonchev–Trinajstić information content (AvgIpc) is 3.30. The van der Waals surface area contributed by atoms with E-state index < -0.39 is 10.0 Å². The molecule has 10 heteroatoms. The summed E-state index contributed by atoms with van der Waals surface area (Å²) in [5, 5.41) is 12.8. The van der Waals surface area contributed by atoms with E-state index in [1.54, 1.807) is 24.0 Å². The first kappa shape index (κ1) is 21.5. The molecule has 2 heterocycles. The Kier molecular flexibility index (Phi) is 5.92.